The number of unbranched alkanes of at least 4 members (excludes halogenated alkanes) is 4. The molecule has 54 heavy (non-hydrogen) atoms. The topological polar surface area (TPSA) is 191 Å². The van der Waals surface area contributed by atoms with Gasteiger partial charge in [-0.1, -0.05) is 87.3 Å². The van der Waals surface area contributed by atoms with Crippen LogP contribution in [-0.4, -0.2) is 96.0 Å². The summed E-state index contributed by atoms with van der Waals surface area (Å²) < 4.78 is 0. The molecule has 9 N–H and O–H groups in total. The fourth-order valence-electron chi connectivity index (χ4n) is 7.16. The number of phenolic OH excluding ortho intramolecular Hbond substituents is 1. The number of fused-ring (bicyclic) bond motifs is 1. The van der Waals surface area contributed by atoms with Crippen LogP contribution in [0.25, 0.3) is 0 Å². The molecule has 0 fully saturated rings. The van der Waals surface area contributed by atoms with Crippen LogP contribution in [0.15, 0.2) is 65.8 Å². The Labute approximate surface area is 321 Å². The van der Waals surface area contributed by atoms with Crippen LogP contribution in [0.3, 0.4) is 0 Å². The number of aryl methyl sites for hydroxylation is 1. The van der Waals surface area contributed by atoms with Gasteiger partial charge >= 0.3 is 5.97 Å². The molecule has 0 radical (unpaired) electrons. The lowest BCUT2D eigenvalue weighted by Crippen LogP contribution is -2.54. The van der Waals surface area contributed by atoms with Crippen LogP contribution in [0, 0.1) is 11.8 Å². The van der Waals surface area contributed by atoms with E-state index in [-0.39, 0.29) is 38.0 Å². The van der Waals surface area contributed by atoms with Gasteiger partial charge in [0.1, 0.15) is 5.75 Å². The summed E-state index contributed by atoms with van der Waals surface area (Å²) in [5.74, 6) is 5.89. The third-order valence-corrected chi connectivity index (χ3v) is 10.4. The molecular weight excluding hydrogens is 686 g/mol. The number of rotatable bonds is 21. The third kappa shape index (κ3) is 15.0. The van der Waals surface area contributed by atoms with E-state index >= 15 is 0 Å². The number of allylic oxidation sites excluding steroid dienone is 2. The zero-order chi connectivity index (χ0) is 39.5. The number of nitrogens with one attached hydrogen (secondary N) is 1. The molecule has 10 heteroatoms. The van der Waals surface area contributed by atoms with Gasteiger partial charge < -0.3 is 46.2 Å². The number of hydrogen-bond acceptors (Lipinski definition) is 9. The predicted octanol–water partition coefficient (Wildman–Crippen LogP) is 4.87. The maximum atomic E-state index is 12.4. The van der Waals surface area contributed by atoms with Gasteiger partial charge in [-0.25, -0.2) is 0 Å². The van der Waals surface area contributed by atoms with Crippen LogP contribution >= 0.6 is 0 Å². The van der Waals surface area contributed by atoms with Crippen LogP contribution in [0.1, 0.15) is 113 Å². The molecule has 0 aromatic heterocycles. The summed E-state index contributed by atoms with van der Waals surface area (Å²) in [6, 6.07) is 11.8. The summed E-state index contributed by atoms with van der Waals surface area (Å²) in [7, 11) is 0. The molecule has 2 aromatic carbocycles. The molecule has 0 saturated carbocycles. The standard InChI is InChI=1S/C44H63NO9/c1-3-4-16-40(50)41(51)24-22-33-20-19-32-13-10-9-12-31(32)14-11-17-42(44(2,54)29-35-21-23-36(48)27-34(35)25-26-46)45-39(38(33)28-37(49)30-47)15-7-5-6-8-18-43(52)53/h9-10,12-13,21-24,27,37,39-42,45-51,54H,3-8,15-20,25-26,28-30H2,1-2H3,(H,52,53)/b24-22+,38-33+/t37-,39-,40-,41+,42+,44-/m0/s1. The minimum absolute atomic E-state index is 0.0692. The monoisotopic (exact) mass is 749 g/mol. The molecule has 298 valence electrons. The van der Waals surface area contributed by atoms with Gasteiger partial charge in [0, 0.05) is 43.5 Å². The maximum Gasteiger partial charge on any atom is 0.303 e. The van der Waals surface area contributed by atoms with E-state index in [1.807, 2.05) is 37.3 Å². The van der Waals surface area contributed by atoms with Crippen molar-refractivity contribution in [1.82, 2.24) is 5.32 Å². The van der Waals surface area contributed by atoms with Crippen LogP contribution in [0.2, 0.25) is 0 Å². The quantitative estimate of drug-likeness (QED) is 0.0629. The number of aliphatic hydroxyl groups is 6. The summed E-state index contributed by atoms with van der Waals surface area (Å²) in [6.07, 6.45) is 7.81. The first kappa shape index (κ1) is 44.9. The van der Waals surface area contributed by atoms with Gasteiger partial charge in [-0.15, -0.1) is 0 Å². The molecule has 0 spiro atoms. The average Bonchev–Trinajstić information content (AvgIpc) is 3.14. The smallest absolute Gasteiger partial charge is 0.303 e. The first-order chi connectivity index (χ1) is 25.9. The van der Waals surface area contributed by atoms with E-state index in [2.05, 4.69) is 17.2 Å². The Kier molecular flexibility index (Phi) is 19.4. The van der Waals surface area contributed by atoms with Crippen molar-refractivity contribution in [2.75, 3.05) is 13.2 Å². The largest absolute Gasteiger partial charge is 0.508 e. The number of phenols is 1. The number of benzene rings is 2. The Morgan fingerprint density at radius 1 is 1.02 bits per heavy atom. The van der Waals surface area contributed by atoms with Crippen LogP contribution in [0.4, 0.5) is 0 Å². The van der Waals surface area contributed by atoms with Gasteiger partial charge in [0.05, 0.1) is 30.5 Å². The average molecular weight is 750 g/mol. The van der Waals surface area contributed by atoms with Gasteiger partial charge in [-0.3, -0.25) is 4.79 Å². The Morgan fingerprint density at radius 2 is 1.78 bits per heavy atom. The van der Waals surface area contributed by atoms with Crippen molar-refractivity contribution in [3.05, 3.63) is 88.0 Å². The second-order valence-electron chi connectivity index (χ2n) is 14.9. The number of carboxylic acids is 1. The van der Waals surface area contributed by atoms with Crippen molar-refractivity contribution in [3.63, 3.8) is 0 Å². The summed E-state index contributed by atoms with van der Waals surface area (Å²) in [5.41, 5.74) is 3.63. The second kappa shape index (κ2) is 23.4. The molecule has 2 aromatic rings. The zero-order valence-electron chi connectivity index (χ0n) is 32.1. The molecule has 0 aliphatic carbocycles. The maximum absolute atomic E-state index is 12.4. The Morgan fingerprint density at radius 3 is 2.50 bits per heavy atom. The van der Waals surface area contributed by atoms with Crippen molar-refractivity contribution in [3.8, 4) is 17.6 Å². The van der Waals surface area contributed by atoms with E-state index in [4.69, 9.17) is 5.11 Å². The van der Waals surface area contributed by atoms with Crippen LogP contribution in [0.5, 0.6) is 5.75 Å². The van der Waals surface area contributed by atoms with Crippen molar-refractivity contribution in [1.29, 1.82) is 0 Å². The molecular formula is C44H63NO9. The first-order valence-electron chi connectivity index (χ1n) is 19.6. The Balaban J connectivity index is 2.18. The number of hydrogen-bond donors (Lipinski definition) is 9. The number of aliphatic hydroxyl groups excluding tert-OH is 5. The fourth-order valence-corrected chi connectivity index (χ4v) is 7.16. The van der Waals surface area contributed by atoms with Gasteiger partial charge in [0.2, 0.25) is 0 Å². The Bertz CT molecular complexity index is 1570. The van der Waals surface area contributed by atoms with Gasteiger partial charge in [0.25, 0.3) is 0 Å². The lowest BCUT2D eigenvalue weighted by atomic mass is 9.82. The SMILES string of the molecule is CCCC[C@H](O)[C@H](O)/C=C/C1=C(\C[C@H](O)CO)[C@H](CCCCCCC(=O)O)N[C@@H]([C@@](C)(O)Cc2ccc(O)cc2CCO)CC#Cc2ccccc2CC1. The summed E-state index contributed by atoms with van der Waals surface area (Å²) in [5, 5.41) is 87.9. The molecule has 0 amide bonds. The molecule has 0 saturated heterocycles. The summed E-state index contributed by atoms with van der Waals surface area (Å²) >= 11 is 0. The van der Waals surface area contributed by atoms with Crippen LogP contribution < -0.4 is 5.32 Å². The molecule has 10 nitrogen and oxygen atoms in total. The van der Waals surface area contributed by atoms with Crippen molar-refractivity contribution in [2.24, 2.45) is 0 Å². The second-order valence-corrected chi connectivity index (χ2v) is 14.9. The van der Waals surface area contributed by atoms with E-state index in [9.17, 15) is 40.5 Å². The van der Waals surface area contributed by atoms with E-state index in [0.29, 0.717) is 44.9 Å². The highest BCUT2D eigenvalue weighted by atomic mass is 16.4. The molecule has 1 aliphatic heterocycles. The minimum Gasteiger partial charge on any atom is -0.508 e. The highest BCUT2D eigenvalue weighted by Crippen LogP contribution is 2.31. The van der Waals surface area contributed by atoms with Crippen molar-refractivity contribution >= 4 is 5.97 Å². The molecule has 0 unspecified atom stereocenters. The Hall–Kier alpha value is -3.53. The van der Waals surface area contributed by atoms with Gasteiger partial charge in [0.15, 0.2) is 0 Å². The van der Waals surface area contributed by atoms with Crippen LogP contribution in [-0.2, 0) is 24.1 Å². The molecule has 3 rings (SSSR count). The first-order valence-corrected chi connectivity index (χ1v) is 19.6. The van der Waals surface area contributed by atoms with E-state index in [0.717, 1.165) is 59.1 Å². The number of carbonyl (C=O) groups is 1. The fraction of sp³-hybridized carbons (Fsp3) is 0.568. The third-order valence-electron chi connectivity index (χ3n) is 10.4. The number of carboxylic acid groups (broad SMARTS) is 1. The number of aliphatic carboxylic acids is 1. The van der Waals surface area contributed by atoms with E-state index < -0.39 is 48.6 Å². The molecule has 0 bridgehead atoms. The van der Waals surface area contributed by atoms with Crippen molar-refractivity contribution < 1.29 is 45.6 Å². The lowest BCUT2D eigenvalue weighted by molar-refractivity contribution is -0.137. The zero-order valence-corrected chi connectivity index (χ0v) is 32.1. The van der Waals surface area contributed by atoms with E-state index in [1.54, 1.807) is 31.2 Å². The predicted molar refractivity (Wildman–Crippen MR) is 211 cm³/mol. The summed E-state index contributed by atoms with van der Waals surface area (Å²) in [4.78, 5) is 11.1. The highest BCUT2D eigenvalue weighted by molar-refractivity contribution is 5.66. The highest BCUT2D eigenvalue weighted by Gasteiger charge is 2.35. The van der Waals surface area contributed by atoms with Gasteiger partial charge in [-0.05, 0) is 97.9 Å². The molecule has 1 heterocycles. The minimum atomic E-state index is -1.39. The summed E-state index contributed by atoms with van der Waals surface area (Å²) in [6.45, 7) is 3.17. The van der Waals surface area contributed by atoms with Gasteiger partial charge in [-0.2, -0.15) is 0 Å². The number of aromatic hydroxyl groups is 1. The normalized spacial score (nSPS) is 20.8. The van der Waals surface area contributed by atoms with Crippen molar-refractivity contribution in [2.45, 2.75) is 146 Å². The molecule has 6 atom stereocenters. The lowest BCUT2D eigenvalue weighted by Gasteiger charge is -2.38. The molecule has 1 aliphatic rings. The van der Waals surface area contributed by atoms with E-state index in [1.165, 1.54) is 0 Å².